The summed E-state index contributed by atoms with van der Waals surface area (Å²) in [4.78, 5) is 16.7. The Morgan fingerprint density at radius 1 is 1.19 bits per heavy atom. The topological polar surface area (TPSA) is 49.3 Å². The Bertz CT molecular complexity index is 652. The van der Waals surface area contributed by atoms with Crippen molar-refractivity contribution in [3.8, 4) is 0 Å². The van der Waals surface area contributed by atoms with E-state index in [4.69, 9.17) is 0 Å². The normalized spacial score (nSPS) is 15.3. The molecule has 5 nitrogen and oxygen atoms in total. The van der Waals surface area contributed by atoms with E-state index in [1.807, 2.05) is 36.1 Å². The molecule has 1 fully saturated rings. The fourth-order valence-electron chi connectivity index (χ4n) is 2.32. The summed E-state index contributed by atoms with van der Waals surface area (Å²) in [5.41, 5.74) is 0.790. The van der Waals surface area contributed by atoms with Crippen LogP contribution in [0.2, 0.25) is 0 Å². The zero-order valence-electron chi connectivity index (χ0n) is 11.6. The molecule has 0 unspecified atom stereocenters. The van der Waals surface area contributed by atoms with E-state index in [1.165, 1.54) is 0 Å². The first-order valence-electron chi connectivity index (χ1n) is 6.74. The first kappa shape index (κ1) is 14.7. The number of rotatable bonds is 2. The zero-order chi connectivity index (χ0) is 14.8. The van der Waals surface area contributed by atoms with E-state index in [9.17, 15) is 4.79 Å². The lowest BCUT2D eigenvalue weighted by Crippen LogP contribution is -2.49. The molecule has 110 valence electrons. The standard InChI is InChI=1S/C14H15IN4OS/c1-10-16-17-14(21-10)19-8-6-18(7-9-19)13(20)11-4-2-3-5-12(11)15/h2-5H,6-9H2,1H3. The lowest BCUT2D eigenvalue weighted by molar-refractivity contribution is 0.0745. The molecular formula is C14H15IN4OS. The SMILES string of the molecule is Cc1nnc(N2CCN(C(=O)c3ccccc3I)CC2)s1. The van der Waals surface area contributed by atoms with Crippen LogP contribution in [0.1, 0.15) is 15.4 Å². The van der Waals surface area contributed by atoms with Crippen LogP contribution in [-0.4, -0.2) is 47.2 Å². The zero-order valence-corrected chi connectivity index (χ0v) is 14.6. The van der Waals surface area contributed by atoms with Gasteiger partial charge in [0, 0.05) is 29.7 Å². The largest absolute Gasteiger partial charge is 0.343 e. The molecule has 1 saturated heterocycles. The molecule has 0 N–H and O–H groups in total. The van der Waals surface area contributed by atoms with Crippen molar-refractivity contribution in [1.29, 1.82) is 0 Å². The van der Waals surface area contributed by atoms with E-state index in [0.717, 1.165) is 45.5 Å². The highest BCUT2D eigenvalue weighted by atomic mass is 127. The Labute approximate surface area is 141 Å². The van der Waals surface area contributed by atoms with Crippen LogP contribution in [0.4, 0.5) is 5.13 Å². The molecule has 0 saturated carbocycles. The molecule has 2 aromatic rings. The summed E-state index contributed by atoms with van der Waals surface area (Å²) in [5, 5.41) is 10.1. The van der Waals surface area contributed by atoms with Gasteiger partial charge >= 0.3 is 0 Å². The third-order valence-electron chi connectivity index (χ3n) is 3.46. The summed E-state index contributed by atoms with van der Waals surface area (Å²) in [6.45, 7) is 5.02. The number of hydrogen-bond donors (Lipinski definition) is 0. The first-order chi connectivity index (χ1) is 10.1. The fourth-order valence-corrected chi connectivity index (χ4v) is 3.68. The predicted octanol–water partition coefficient (Wildman–Crippen LogP) is 2.41. The van der Waals surface area contributed by atoms with Gasteiger partial charge in [-0.3, -0.25) is 4.79 Å². The third-order valence-corrected chi connectivity index (χ3v) is 5.30. The van der Waals surface area contributed by atoms with Gasteiger partial charge < -0.3 is 9.80 Å². The third kappa shape index (κ3) is 3.18. The van der Waals surface area contributed by atoms with Crippen LogP contribution in [0.5, 0.6) is 0 Å². The van der Waals surface area contributed by atoms with Crippen molar-refractivity contribution in [2.24, 2.45) is 0 Å². The van der Waals surface area contributed by atoms with Gasteiger partial charge in [0.2, 0.25) is 5.13 Å². The Morgan fingerprint density at radius 2 is 1.90 bits per heavy atom. The van der Waals surface area contributed by atoms with Crippen molar-refractivity contribution >= 4 is 45.0 Å². The number of nitrogens with zero attached hydrogens (tertiary/aromatic N) is 4. The fraction of sp³-hybridized carbons (Fsp3) is 0.357. The first-order valence-corrected chi connectivity index (χ1v) is 8.63. The minimum atomic E-state index is 0.119. The summed E-state index contributed by atoms with van der Waals surface area (Å²) in [5.74, 6) is 0.119. The van der Waals surface area contributed by atoms with Crippen molar-refractivity contribution < 1.29 is 4.79 Å². The van der Waals surface area contributed by atoms with Gasteiger partial charge in [0.15, 0.2) is 0 Å². The summed E-state index contributed by atoms with van der Waals surface area (Å²) in [7, 11) is 0. The quantitative estimate of drug-likeness (QED) is 0.709. The number of aromatic nitrogens is 2. The average Bonchev–Trinajstić information content (AvgIpc) is 2.94. The monoisotopic (exact) mass is 414 g/mol. The van der Waals surface area contributed by atoms with Gasteiger partial charge in [0.1, 0.15) is 5.01 Å². The second kappa shape index (κ2) is 6.27. The molecule has 21 heavy (non-hydrogen) atoms. The van der Waals surface area contributed by atoms with Crippen LogP contribution in [0.15, 0.2) is 24.3 Å². The van der Waals surface area contributed by atoms with E-state index in [1.54, 1.807) is 11.3 Å². The lowest BCUT2D eigenvalue weighted by atomic mass is 10.2. The van der Waals surface area contributed by atoms with Gasteiger partial charge in [-0.25, -0.2) is 0 Å². The van der Waals surface area contributed by atoms with Gasteiger partial charge in [-0.15, -0.1) is 10.2 Å². The van der Waals surface area contributed by atoms with Gasteiger partial charge in [-0.1, -0.05) is 23.5 Å². The summed E-state index contributed by atoms with van der Waals surface area (Å²) >= 11 is 3.82. The molecule has 0 atom stereocenters. The summed E-state index contributed by atoms with van der Waals surface area (Å²) < 4.78 is 1.00. The molecule has 1 amide bonds. The molecule has 0 spiro atoms. The second-order valence-corrected chi connectivity index (χ2v) is 7.19. The van der Waals surface area contributed by atoms with E-state index < -0.39 is 0 Å². The number of amides is 1. The van der Waals surface area contributed by atoms with Gasteiger partial charge in [-0.05, 0) is 41.6 Å². The van der Waals surface area contributed by atoms with Crippen LogP contribution in [0.3, 0.4) is 0 Å². The van der Waals surface area contributed by atoms with Crippen molar-refractivity contribution in [2.45, 2.75) is 6.92 Å². The highest BCUT2D eigenvalue weighted by Gasteiger charge is 2.24. The number of carbonyl (C=O) groups is 1. The highest BCUT2D eigenvalue weighted by molar-refractivity contribution is 14.1. The predicted molar refractivity (Wildman–Crippen MR) is 91.9 cm³/mol. The number of carbonyl (C=O) groups excluding carboxylic acids is 1. The Kier molecular flexibility index (Phi) is 4.39. The van der Waals surface area contributed by atoms with Gasteiger partial charge in [-0.2, -0.15) is 0 Å². The molecular weight excluding hydrogens is 399 g/mol. The second-order valence-electron chi connectivity index (χ2n) is 4.86. The molecule has 7 heteroatoms. The van der Waals surface area contributed by atoms with Crippen molar-refractivity contribution in [3.63, 3.8) is 0 Å². The molecule has 1 aromatic carbocycles. The van der Waals surface area contributed by atoms with E-state index in [2.05, 4.69) is 37.7 Å². The van der Waals surface area contributed by atoms with Gasteiger partial charge in [0.05, 0.1) is 5.56 Å². The molecule has 3 rings (SSSR count). The molecule has 1 aromatic heterocycles. The number of piperazine rings is 1. The van der Waals surface area contributed by atoms with Crippen LogP contribution < -0.4 is 4.90 Å². The number of aryl methyl sites for hydroxylation is 1. The number of halogens is 1. The molecule has 1 aliphatic rings. The smallest absolute Gasteiger partial charge is 0.255 e. The average molecular weight is 414 g/mol. The minimum absolute atomic E-state index is 0.119. The minimum Gasteiger partial charge on any atom is -0.343 e. The van der Waals surface area contributed by atoms with Crippen molar-refractivity contribution in [1.82, 2.24) is 15.1 Å². The van der Waals surface area contributed by atoms with Crippen LogP contribution in [0.25, 0.3) is 0 Å². The Morgan fingerprint density at radius 3 is 2.52 bits per heavy atom. The number of hydrogen-bond acceptors (Lipinski definition) is 5. The van der Waals surface area contributed by atoms with E-state index in [-0.39, 0.29) is 5.91 Å². The Balaban J connectivity index is 1.66. The van der Waals surface area contributed by atoms with Gasteiger partial charge in [0.25, 0.3) is 5.91 Å². The highest BCUT2D eigenvalue weighted by Crippen LogP contribution is 2.22. The Hall–Kier alpha value is -1.22. The van der Waals surface area contributed by atoms with E-state index >= 15 is 0 Å². The molecule has 2 heterocycles. The summed E-state index contributed by atoms with van der Waals surface area (Å²) in [6, 6.07) is 7.72. The lowest BCUT2D eigenvalue weighted by Gasteiger charge is -2.34. The molecule has 0 bridgehead atoms. The van der Waals surface area contributed by atoms with Crippen LogP contribution >= 0.6 is 33.9 Å². The maximum atomic E-state index is 12.5. The maximum Gasteiger partial charge on any atom is 0.255 e. The van der Waals surface area contributed by atoms with Crippen LogP contribution in [0, 0.1) is 10.5 Å². The van der Waals surface area contributed by atoms with E-state index in [0.29, 0.717) is 0 Å². The number of benzene rings is 1. The van der Waals surface area contributed by atoms with Crippen LogP contribution in [-0.2, 0) is 0 Å². The van der Waals surface area contributed by atoms with Crippen molar-refractivity contribution in [2.75, 3.05) is 31.1 Å². The van der Waals surface area contributed by atoms with Crippen molar-refractivity contribution in [3.05, 3.63) is 38.4 Å². The summed E-state index contributed by atoms with van der Waals surface area (Å²) in [6.07, 6.45) is 0. The maximum absolute atomic E-state index is 12.5. The molecule has 1 aliphatic heterocycles. The molecule has 0 radical (unpaired) electrons. The number of anilines is 1. The molecule has 0 aliphatic carbocycles.